The van der Waals surface area contributed by atoms with Crippen molar-refractivity contribution in [3.05, 3.63) is 65.5 Å². The second-order valence-corrected chi connectivity index (χ2v) is 5.73. The van der Waals surface area contributed by atoms with Gasteiger partial charge < -0.3 is 0 Å². The lowest BCUT2D eigenvalue weighted by Crippen LogP contribution is -2.33. The highest BCUT2D eigenvalue weighted by Gasteiger charge is 2.24. The van der Waals surface area contributed by atoms with Crippen molar-refractivity contribution in [1.82, 2.24) is 9.88 Å². The molecule has 0 unspecified atom stereocenters. The third kappa shape index (κ3) is 3.07. The summed E-state index contributed by atoms with van der Waals surface area (Å²) in [7, 11) is 0. The molecule has 0 saturated carbocycles. The van der Waals surface area contributed by atoms with Crippen molar-refractivity contribution in [2.45, 2.75) is 38.8 Å². The van der Waals surface area contributed by atoms with Crippen LogP contribution in [0, 0.1) is 6.92 Å². The first-order chi connectivity index (χ1) is 9.83. The SMILES string of the molecule is Cc1ccnc([C@H]2CCCCN2Cc2ccccc2)c1. The summed E-state index contributed by atoms with van der Waals surface area (Å²) in [5, 5.41) is 0. The van der Waals surface area contributed by atoms with Crippen LogP contribution < -0.4 is 0 Å². The van der Waals surface area contributed by atoms with Crippen molar-refractivity contribution in [3.63, 3.8) is 0 Å². The van der Waals surface area contributed by atoms with E-state index < -0.39 is 0 Å². The molecular formula is C18H22N2. The zero-order valence-electron chi connectivity index (χ0n) is 12.1. The van der Waals surface area contributed by atoms with Gasteiger partial charge in [0.15, 0.2) is 0 Å². The van der Waals surface area contributed by atoms with Gasteiger partial charge in [-0.15, -0.1) is 0 Å². The molecule has 0 bridgehead atoms. The number of rotatable bonds is 3. The molecule has 1 aromatic carbocycles. The van der Waals surface area contributed by atoms with Gasteiger partial charge in [-0.25, -0.2) is 0 Å². The van der Waals surface area contributed by atoms with Gasteiger partial charge in [0.2, 0.25) is 0 Å². The van der Waals surface area contributed by atoms with Crippen LogP contribution in [0.4, 0.5) is 0 Å². The minimum absolute atomic E-state index is 0.476. The van der Waals surface area contributed by atoms with Crippen LogP contribution in [-0.2, 0) is 6.54 Å². The molecular weight excluding hydrogens is 244 g/mol. The number of aromatic nitrogens is 1. The van der Waals surface area contributed by atoms with Crippen LogP contribution in [0.5, 0.6) is 0 Å². The number of likely N-dealkylation sites (tertiary alicyclic amines) is 1. The second kappa shape index (κ2) is 6.19. The van der Waals surface area contributed by atoms with Gasteiger partial charge in [0, 0.05) is 12.7 Å². The zero-order valence-corrected chi connectivity index (χ0v) is 12.1. The Labute approximate surface area is 121 Å². The fourth-order valence-electron chi connectivity index (χ4n) is 3.07. The number of piperidine rings is 1. The summed E-state index contributed by atoms with van der Waals surface area (Å²) in [6.45, 7) is 4.35. The number of hydrogen-bond acceptors (Lipinski definition) is 2. The summed E-state index contributed by atoms with van der Waals surface area (Å²) in [5.41, 5.74) is 3.94. The molecule has 0 radical (unpaired) electrons. The molecule has 104 valence electrons. The highest BCUT2D eigenvalue weighted by atomic mass is 15.2. The van der Waals surface area contributed by atoms with E-state index in [-0.39, 0.29) is 0 Å². The number of benzene rings is 1. The highest BCUT2D eigenvalue weighted by molar-refractivity contribution is 5.19. The minimum Gasteiger partial charge on any atom is -0.291 e. The van der Waals surface area contributed by atoms with Crippen molar-refractivity contribution in [1.29, 1.82) is 0 Å². The molecule has 2 nitrogen and oxygen atoms in total. The van der Waals surface area contributed by atoms with Crippen molar-refractivity contribution >= 4 is 0 Å². The lowest BCUT2D eigenvalue weighted by Gasteiger charge is -2.35. The van der Waals surface area contributed by atoms with Gasteiger partial charge in [0.1, 0.15) is 0 Å². The van der Waals surface area contributed by atoms with Gasteiger partial charge in [-0.2, -0.15) is 0 Å². The fraction of sp³-hybridized carbons (Fsp3) is 0.389. The monoisotopic (exact) mass is 266 g/mol. The summed E-state index contributed by atoms with van der Waals surface area (Å²) in [6, 6.07) is 15.6. The van der Waals surface area contributed by atoms with Crippen LogP contribution >= 0.6 is 0 Å². The van der Waals surface area contributed by atoms with E-state index in [4.69, 9.17) is 0 Å². The van der Waals surface area contributed by atoms with Gasteiger partial charge in [-0.05, 0) is 49.6 Å². The van der Waals surface area contributed by atoms with Crippen molar-refractivity contribution < 1.29 is 0 Å². The average Bonchev–Trinajstić information content (AvgIpc) is 2.49. The van der Waals surface area contributed by atoms with E-state index in [0.29, 0.717) is 6.04 Å². The molecule has 20 heavy (non-hydrogen) atoms. The summed E-state index contributed by atoms with van der Waals surface area (Å²) in [5.74, 6) is 0. The topological polar surface area (TPSA) is 16.1 Å². The van der Waals surface area contributed by atoms with Gasteiger partial charge in [0.05, 0.1) is 11.7 Å². The van der Waals surface area contributed by atoms with Crippen molar-refractivity contribution in [2.75, 3.05) is 6.54 Å². The largest absolute Gasteiger partial charge is 0.291 e. The predicted molar refractivity (Wildman–Crippen MR) is 82.4 cm³/mol. The van der Waals surface area contributed by atoms with E-state index in [1.807, 2.05) is 6.20 Å². The fourth-order valence-corrected chi connectivity index (χ4v) is 3.07. The smallest absolute Gasteiger partial charge is 0.0578 e. The van der Waals surface area contributed by atoms with Crippen LogP contribution in [-0.4, -0.2) is 16.4 Å². The van der Waals surface area contributed by atoms with E-state index in [1.165, 1.54) is 42.6 Å². The summed E-state index contributed by atoms with van der Waals surface area (Å²) in [4.78, 5) is 7.20. The molecule has 2 heterocycles. The summed E-state index contributed by atoms with van der Waals surface area (Å²) >= 11 is 0. The van der Waals surface area contributed by atoms with Crippen LogP contribution in [0.3, 0.4) is 0 Å². The van der Waals surface area contributed by atoms with E-state index in [9.17, 15) is 0 Å². The van der Waals surface area contributed by atoms with Crippen LogP contribution in [0.2, 0.25) is 0 Å². The molecule has 3 rings (SSSR count). The van der Waals surface area contributed by atoms with Gasteiger partial charge >= 0.3 is 0 Å². The number of nitrogens with zero attached hydrogens (tertiary/aromatic N) is 2. The Morgan fingerprint density at radius 3 is 2.80 bits per heavy atom. The molecule has 0 spiro atoms. The molecule has 1 aliphatic heterocycles. The maximum atomic E-state index is 4.61. The van der Waals surface area contributed by atoms with E-state index >= 15 is 0 Å². The molecule has 1 fully saturated rings. The molecule has 1 aromatic heterocycles. The molecule has 0 N–H and O–H groups in total. The molecule has 1 aliphatic rings. The molecule has 0 aliphatic carbocycles. The van der Waals surface area contributed by atoms with Crippen LogP contribution in [0.25, 0.3) is 0 Å². The van der Waals surface area contributed by atoms with Gasteiger partial charge in [0.25, 0.3) is 0 Å². The first-order valence-corrected chi connectivity index (χ1v) is 7.53. The Morgan fingerprint density at radius 1 is 1.15 bits per heavy atom. The lowest BCUT2D eigenvalue weighted by atomic mass is 9.97. The van der Waals surface area contributed by atoms with E-state index in [1.54, 1.807) is 0 Å². The van der Waals surface area contributed by atoms with E-state index in [2.05, 4.69) is 59.3 Å². The minimum atomic E-state index is 0.476. The Bertz CT molecular complexity index is 550. The zero-order chi connectivity index (χ0) is 13.8. The quantitative estimate of drug-likeness (QED) is 0.831. The van der Waals surface area contributed by atoms with Crippen molar-refractivity contribution in [3.8, 4) is 0 Å². The molecule has 0 amide bonds. The number of hydrogen-bond donors (Lipinski definition) is 0. The number of aryl methyl sites for hydroxylation is 1. The van der Waals surface area contributed by atoms with Crippen LogP contribution in [0.1, 0.15) is 42.1 Å². The summed E-state index contributed by atoms with van der Waals surface area (Å²) < 4.78 is 0. The highest BCUT2D eigenvalue weighted by Crippen LogP contribution is 2.31. The second-order valence-electron chi connectivity index (χ2n) is 5.73. The molecule has 2 heteroatoms. The normalized spacial score (nSPS) is 19.9. The van der Waals surface area contributed by atoms with Gasteiger partial charge in [-0.1, -0.05) is 36.8 Å². The third-order valence-electron chi connectivity index (χ3n) is 4.12. The van der Waals surface area contributed by atoms with Crippen LogP contribution in [0.15, 0.2) is 48.7 Å². The first kappa shape index (κ1) is 13.3. The third-order valence-corrected chi connectivity index (χ3v) is 4.12. The maximum absolute atomic E-state index is 4.61. The molecule has 1 saturated heterocycles. The van der Waals surface area contributed by atoms with E-state index in [0.717, 1.165) is 6.54 Å². The molecule has 1 atom stereocenters. The Balaban J connectivity index is 1.80. The first-order valence-electron chi connectivity index (χ1n) is 7.53. The van der Waals surface area contributed by atoms with Crippen molar-refractivity contribution in [2.24, 2.45) is 0 Å². The Morgan fingerprint density at radius 2 is 2.00 bits per heavy atom. The molecule has 2 aromatic rings. The Kier molecular flexibility index (Phi) is 4.12. The Hall–Kier alpha value is -1.67. The summed E-state index contributed by atoms with van der Waals surface area (Å²) in [6.07, 6.45) is 5.78. The standard InChI is InChI=1S/C18H22N2/c1-15-10-11-19-17(13-15)18-9-5-6-12-20(18)14-16-7-3-2-4-8-16/h2-4,7-8,10-11,13,18H,5-6,9,12,14H2,1H3/t18-/m1/s1. The van der Waals surface area contributed by atoms with Gasteiger partial charge in [-0.3, -0.25) is 9.88 Å². The predicted octanol–water partition coefficient (Wildman–Crippen LogP) is 4.12. The lowest BCUT2D eigenvalue weighted by molar-refractivity contribution is 0.137. The maximum Gasteiger partial charge on any atom is 0.0578 e. The number of pyridine rings is 1. The average molecular weight is 266 g/mol.